The molecule has 1 atom stereocenters. The second-order valence-electron chi connectivity index (χ2n) is 4.80. The van der Waals surface area contributed by atoms with Crippen molar-refractivity contribution in [2.75, 3.05) is 13.1 Å². The highest BCUT2D eigenvalue weighted by molar-refractivity contribution is 5.83. The van der Waals surface area contributed by atoms with Crippen LogP contribution in [0.2, 0.25) is 0 Å². The highest BCUT2D eigenvalue weighted by Crippen LogP contribution is 2.17. The van der Waals surface area contributed by atoms with Gasteiger partial charge in [0.05, 0.1) is 0 Å². The Hall–Kier alpha value is -1.10. The molecule has 1 fully saturated rings. The van der Waals surface area contributed by atoms with Gasteiger partial charge < -0.3 is 15.3 Å². The number of carbonyl (C=O) groups is 2. The lowest BCUT2D eigenvalue weighted by Crippen LogP contribution is -2.48. The lowest BCUT2D eigenvalue weighted by atomic mass is 10.0. The second kappa shape index (κ2) is 6.59. The number of hydrogen-bond acceptors (Lipinski definition) is 3. The van der Waals surface area contributed by atoms with Crippen LogP contribution < -0.4 is 5.32 Å². The molecule has 0 saturated carbocycles. The molecule has 5 heteroatoms. The van der Waals surface area contributed by atoms with Crippen molar-refractivity contribution in [3.63, 3.8) is 0 Å². The molecule has 1 aliphatic rings. The molecule has 5 nitrogen and oxygen atoms in total. The molecule has 0 aliphatic carbocycles. The van der Waals surface area contributed by atoms with Gasteiger partial charge >= 0.3 is 5.97 Å². The summed E-state index contributed by atoms with van der Waals surface area (Å²) in [6.45, 7) is 5.23. The molecule has 2 N–H and O–H groups in total. The van der Waals surface area contributed by atoms with E-state index in [0.717, 1.165) is 12.8 Å². The van der Waals surface area contributed by atoms with Crippen LogP contribution >= 0.6 is 0 Å². The number of nitrogens with one attached hydrogen (secondary N) is 1. The van der Waals surface area contributed by atoms with Crippen LogP contribution in [0.15, 0.2) is 0 Å². The maximum atomic E-state index is 11.9. The first kappa shape index (κ1) is 14.0. The van der Waals surface area contributed by atoms with E-state index in [1.165, 1.54) is 4.90 Å². The van der Waals surface area contributed by atoms with Crippen LogP contribution in [0.4, 0.5) is 0 Å². The lowest BCUT2D eigenvalue weighted by molar-refractivity contribution is -0.152. The summed E-state index contributed by atoms with van der Waals surface area (Å²) >= 11 is 0. The number of rotatable bonds is 5. The monoisotopic (exact) mass is 242 g/mol. The number of hydrogen-bond donors (Lipinski definition) is 2. The van der Waals surface area contributed by atoms with Crippen LogP contribution in [-0.4, -0.2) is 47.1 Å². The number of amides is 1. The summed E-state index contributed by atoms with van der Waals surface area (Å²) in [5.74, 6) is -0.930. The molecule has 1 rings (SSSR count). The topological polar surface area (TPSA) is 69.6 Å². The Kier molecular flexibility index (Phi) is 5.41. The van der Waals surface area contributed by atoms with Gasteiger partial charge in [0.15, 0.2) is 0 Å². The third kappa shape index (κ3) is 4.34. The normalized spacial score (nSPS) is 20.6. The molecule has 0 aromatic rings. The third-order valence-corrected chi connectivity index (χ3v) is 3.00. The van der Waals surface area contributed by atoms with Crippen LogP contribution in [0.3, 0.4) is 0 Å². The van der Waals surface area contributed by atoms with Gasteiger partial charge in [-0.05, 0) is 19.3 Å². The predicted octanol–water partition coefficient (Wildman–Crippen LogP) is 0.840. The summed E-state index contributed by atoms with van der Waals surface area (Å²) in [4.78, 5) is 24.5. The van der Waals surface area contributed by atoms with E-state index >= 15 is 0 Å². The predicted molar refractivity (Wildman–Crippen MR) is 64.7 cm³/mol. The summed E-state index contributed by atoms with van der Waals surface area (Å²) in [6, 6.07) is -0.269. The van der Waals surface area contributed by atoms with Gasteiger partial charge in [0.2, 0.25) is 5.91 Å². The minimum absolute atomic E-state index is 0.0507. The van der Waals surface area contributed by atoms with Crippen LogP contribution in [0, 0.1) is 0 Å². The van der Waals surface area contributed by atoms with Gasteiger partial charge in [0, 0.05) is 25.6 Å². The summed E-state index contributed by atoms with van der Waals surface area (Å²) in [5, 5.41) is 12.2. The Morgan fingerprint density at radius 3 is 2.71 bits per heavy atom. The van der Waals surface area contributed by atoms with Crippen LogP contribution in [-0.2, 0) is 9.59 Å². The molecule has 0 unspecified atom stereocenters. The van der Waals surface area contributed by atoms with Crippen LogP contribution in [0.5, 0.6) is 0 Å². The van der Waals surface area contributed by atoms with Crippen molar-refractivity contribution >= 4 is 11.9 Å². The zero-order valence-electron chi connectivity index (χ0n) is 10.6. The highest BCUT2D eigenvalue weighted by Gasteiger charge is 2.31. The molecule has 0 bridgehead atoms. The smallest absolute Gasteiger partial charge is 0.326 e. The first-order valence-corrected chi connectivity index (χ1v) is 6.28. The van der Waals surface area contributed by atoms with Gasteiger partial charge in [0.1, 0.15) is 6.04 Å². The van der Waals surface area contributed by atoms with Gasteiger partial charge in [-0.2, -0.15) is 0 Å². The zero-order chi connectivity index (χ0) is 12.8. The number of aliphatic carboxylic acids is 1. The number of carboxylic acid groups (broad SMARTS) is 1. The van der Waals surface area contributed by atoms with Crippen molar-refractivity contribution in [2.45, 2.75) is 51.6 Å². The van der Waals surface area contributed by atoms with Gasteiger partial charge in [-0.3, -0.25) is 4.79 Å². The molecular weight excluding hydrogens is 220 g/mol. The molecule has 0 aromatic carbocycles. The molecule has 1 saturated heterocycles. The van der Waals surface area contributed by atoms with E-state index in [0.29, 0.717) is 32.0 Å². The quantitative estimate of drug-likeness (QED) is 0.749. The summed E-state index contributed by atoms with van der Waals surface area (Å²) < 4.78 is 0. The van der Waals surface area contributed by atoms with Gasteiger partial charge in [-0.15, -0.1) is 0 Å². The van der Waals surface area contributed by atoms with Gasteiger partial charge in [-0.1, -0.05) is 13.8 Å². The molecule has 1 heterocycles. The minimum Gasteiger partial charge on any atom is -0.480 e. The maximum absolute atomic E-state index is 11.9. The Morgan fingerprint density at radius 1 is 1.41 bits per heavy atom. The van der Waals surface area contributed by atoms with E-state index < -0.39 is 12.0 Å². The Balaban J connectivity index is 2.45. The van der Waals surface area contributed by atoms with Crippen molar-refractivity contribution in [3.05, 3.63) is 0 Å². The minimum atomic E-state index is -0.880. The number of likely N-dealkylation sites (tertiary alicyclic amines) is 1. The molecule has 98 valence electrons. The Morgan fingerprint density at radius 2 is 2.12 bits per heavy atom. The Bertz CT molecular complexity index is 279. The van der Waals surface area contributed by atoms with E-state index in [-0.39, 0.29) is 5.91 Å². The lowest BCUT2D eigenvalue weighted by Gasteiger charge is -2.33. The number of nitrogens with zero attached hydrogens (tertiary/aromatic N) is 1. The number of carboxylic acids is 1. The van der Waals surface area contributed by atoms with Crippen LogP contribution in [0.25, 0.3) is 0 Å². The highest BCUT2D eigenvalue weighted by atomic mass is 16.4. The second-order valence-corrected chi connectivity index (χ2v) is 4.80. The molecule has 1 aliphatic heterocycles. The molecule has 0 spiro atoms. The van der Waals surface area contributed by atoms with Crippen LogP contribution in [0.1, 0.15) is 39.5 Å². The average molecular weight is 242 g/mol. The summed E-state index contributed by atoms with van der Waals surface area (Å²) in [5.41, 5.74) is 0. The molecular formula is C12H22N2O3. The van der Waals surface area contributed by atoms with Crippen molar-refractivity contribution in [1.29, 1.82) is 0 Å². The summed E-state index contributed by atoms with van der Waals surface area (Å²) in [7, 11) is 0. The first-order valence-electron chi connectivity index (χ1n) is 6.28. The molecule has 1 amide bonds. The fourth-order valence-electron chi connectivity index (χ4n) is 2.10. The fourth-order valence-corrected chi connectivity index (χ4v) is 2.10. The van der Waals surface area contributed by atoms with E-state index in [1.807, 2.05) is 13.8 Å². The first-order chi connectivity index (χ1) is 8.02. The SMILES string of the molecule is CC(C)NCCC(=O)N1CCCC[C@@H]1C(=O)O. The van der Waals surface area contributed by atoms with Crippen molar-refractivity contribution in [1.82, 2.24) is 10.2 Å². The van der Waals surface area contributed by atoms with Crippen molar-refractivity contribution in [3.8, 4) is 0 Å². The van der Waals surface area contributed by atoms with E-state index in [2.05, 4.69) is 5.32 Å². The Labute approximate surface area is 102 Å². The maximum Gasteiger partial charge on any atom is 0.326 e. The van der Waals surface area contributed by atoms with E-state index in [4.69, 9.17) is 5.11 Å². The molecule has 0 radical (unpaired) electrons. The fraction of sp³-hybridized carbons (Fsp3) is 0.833. The molecule has 17 heavy (non-hydrogen) atoms. The largest absolute Gasteiger partial charge is 0.480 e. The standard InChI is InChI=1S/C12H22N2O3/c1-9(2)13-7-6-11(15)14-8-4-3-5-10(14)12(16)17/h9-10,13H,3-8H2,1-2H3,(H,16,17)/t10-/m1/s1. The van der Waals surface area contributed by atoms with Crippen molar-refractivity contribution in [2.24, 2.45) is 0 Å². The van der Waals surface area contributed by atoms with Gasteiger partial charge in [-0.25, -0.2) is 4.79 Å². The summed E-state index contributed by atoms with van der Waals surface area (Å²) in [6.07, 6.45) is 2.76. The average Bonchev–Trinajstić information content (AvgIpc) is 2.28. The third-order valence-electron chi connectivity index (χ3n) is 3.00. The van der Waals surface area contributed by atoms with Crippen molar-refractivity contribution < 1.29 is 14.7 Å². The zero-order valence-corrected chi connectivity index (χ0v) is 10.6. The van der Waals surface area contributed by atoms with E-state index in [9.17, 15) is 9.59 Å². The number of carbonyl (C=O) groups excluding carboxylic acids is 1. The van der Waals surface area contributed by atoms with Gasteiger partial charge in [0.25, 0.3) is 0 Å². The molecule has 0 aromatic heterocycles. The number of piperidine rings is 1. The van der Waals surface area contributed by atoms with E-state index in [1.54, 1.807) is 0 Å².